The SMILES string of the molecule is CC/C=C/C/C=C/C/C=C/C/C=C/C/C=C/C/C=C/CCCCCCC(=O)OCC(COCCC(C(=O)O)[N+](C)(C)C)OC(=O)CCC/C=C/C/C=C/C/C=C/C/C=C/CCCCC. The number of esters is 2. The van der Waals surface area contributed by atoms with E-state index in [0.29, 0.717) is 19.3 Å². The number of hydrogen-bond donors (Lipinski definition) is 1. The highest BCUT2D eigenvalue weighted by molar-refractivity contribution is 5.72. The number of rotatable bonds is 42. The molecule has 0 heterocycles. The Labute approximate surface area is 391 Å². The van der Waals surface area contributed by atoms with Gasteiger partial charge in [-0.15, -0.1) is 0 Å². The maximum atomic E-state index is 12.7. The Bertz CT molecular complexity index is 1450. The van der Waals surface area contributed by atoms with Crippen molar-refractivity contribution in [2.45, 2.75) is 174 Å². The van der Waals surface area contributed by atoms with Gasteiger partial charge in [-0.25, -0.2) is 4.79 Å². The second-order valence-corrected chi connectivity index (χ2v) is 17.0. The van der Waals surface area contributed by atoms with Crippen molar-refractivity contribution < 1.29 is 38.2 Å². The van der Waals surface area contributed by atoms with Gasteiger partial charge in [0.15, 0.2) is 12.1 Å². The lowest BCUT2D eigenvalue weighted by molar-refractivity contribution is -0.887. The number of carbonyl (C=O) groups is 3. The number of nitrogens with zero attached hydrogens (tertiary/aromatic N) is 1. The molecule has 0 saturated carbocycles. The van der Waals surface area contributed by atoms with Gasteiger partial charge in [-0.2, -0.15) is 0 Å². The molecule has 0 aliphatic heterocycles. The first-order valence-electron chi connectivity index (χ1n) is 24.6. The van der Waals surface area contributed by atoms with Gasteiger partial charge in [-0.1, -0.05) is 161 Å². The van der Waals surface area contributed by atoms with Crippen molar-refractivity contribution in [3.05, 3.63) is 122 Å². The van der Waals surface area contributed by atoms with Crippen molar-refractivity contribution in [3.63, 3.8) is 0 Å². The number of allylic oxidation sites excluding steroid dienone is 20. The maximum absolute atomic E-state index is 12.7. The molecular weight excluding hydrogens is 799 g/mol. The lowest BCUT2D eigenvalue weighted by atomic mass is 10.1. The molecule has 2 atom stereocenters. The topological polar surface area (TPSA) is 99.1 Å². The number of carboxylic acids is 1. The summed E-state index contributed by atoms with van der Waals surface area (Å²) >= 11 is 0. The highest BCUT2D eigenvalue weighted by Gasteiger charge is 2.31. The largest absolute Gasteiger partial charge is 0.477 e. The fourth-order valence-corrected chi connectivity index (χ4v) is 6.32. The van der Waals surface area contributed by atoms with Crippen LogP contribution in [0.4, 0.5) is 0 Å². The lowest BCUT2D eigenvalue weighted by Crippen LogP contribution is -2.50. The van der Waals surface area contributed by atoms with E-state index in [-0.39, 0.29) is 42.7 Å². The van der Waals surface area contributed by atoms with E-state index in [1.807, 2.05) is 21.1 Å². The molecule has 0 saturated heterocycles. The molecule has 0 aliphatic rings. The minimum Gasteiger partial charge on any atom is -0.477 e. The Balaban J connectivity index is 4.44. The quantitative estimate of drug-likeness (QED) is 0.0282. The van der Waals surface area contributed by atoms with Crippen molar-refractivity contribution in [2.24, 2.45) is 0 Å². The second kappa shape index (κ2) is 45.3. The zero-order valence-electron chi connectivity index (χ0n) is 40.9. The third-order valence-electron chi connectivity index (χ3n) is 10.1. The molecule has 0 fully saturated rings. The molecule has 360 valence electrons. The van der Waals surface area contributed by atoms with Gasteiger partial charge in [-0.3, -0.25) is 9.59 Å². The average Bonchev–Trinajstić information content (AvgIpc) is 3.26. The van der Waals surface area contributed by atoms with Crippen LogP contribution in [0.5, 0.6) is 0 Å². The fraction of sp³-hybridized carbons (Fsp3) is 0.589. The van der Waals surface area contributed by atoms with Crippen molar-refractivity contribution in [2.75, 3.05) is 41.0 Å². The van der Waals surface area contributed by atoms with E-state index in [1.165, 1.54) is 25.7 Å². The highest BCUT2D eigenvalue weighted by Crippen LogP contribution is 2.11. The van der Waals surface area contributed by atoms with Gasteiger partial charge in [0.2, 0.25) is 0 Å². The molecule has 0 aromatic heterocycles. The van der Waals surface area contributed by atoms with Crippen molar-refractivity contribution in [3.8, 4) is 0 Å². The number of aliphatic carboxylic acids is 1. The van der Waals surface area contributed by atoms with Gasteiger partial charge >= 0.3 is 17.9 Å². The molecule has 0 rings (SSSR count). The summed E-state index contributed by atoms with van der Waals surface area (Å²) in [5.41, 5.74) is 0. The molecule has 0 spiro atoms. The Morgan fingerprint density at radius 1 is 0.484 bits per heavy atom. The van der Waals surface area contributed by atoms with Crippen molar-refractivity contribution in [1.82, 2.24) is 0 Å². The molecule has 0 bridgehead atoms. The molecule has 64 heavy (non-hydrogen) atoms. The summed E-state index contributed by atoms with van der Waals surface area (Å²) in [6.07, 6.45) is 64.0. The smallest absolute Gasteiger partial charge is 0.362 e. The van der Waals surface area contributed by atoms with E-state index in [0.717, 1.165) is 96.3 Å². The number of carboxylic acid groups (broad SMARTS) is 1. The molecule has 1 N–H and O–H groups in total. The van der Waals surface area contributed by atoms with Crippen LogP contribution < -0.4 is 0 Å². The molecule has 2 unspecified atom stereocenters. The summed E-state index contributed by atoms with van der Waals surface area (Å²) in [5.74, 6) is -1.59. The Kier molecular flexibility index (Phi) is 42.3. The molecule has 0 aromatic carbocycles. The average molecular weight is 889 g/mol. The van der Waals surface area contributed by atoms with Crippen LogP contribution in [0.3, 0.4) is 0 Å². The van der Waals surface area contributed by atoms with Crippen LogP contribution in [0.1, 0.15) is 162 Å². The van der Waals surface area contributed by atoms with Crippen LogP contribution in [0.15, 0.2) is 122 Å². The molecule has 8 nitrogen and oxygen atoms in total. The Morgan fingerprint density at radius 2 is 0.891 bits per heavy atom. The number of hydrogen-bond acceptors (Lipinski definition) is 6. The predicted molar refractivity (Wildman–Crippen MR) is 270 cm³/mol. The number of quaternary nitrogens is 1. The number of carbonyl (C=O) groups excluding carboxylic acids is 2. The summed E-state index contributed by atoms with van der Waals surface area (Å²) in [5, 5.41) is 9.64. The third kappa shape index (κ3) is 43.0. The minimum atomic E-state index is -0.893. The van der Waals surface area contributed by atoms with Gasteiger partial charge < -0.3 is 23.8 Å². The first kappa shape index (κ1) is 59.7. The third-order valence-corrected chi connectivity index (χ3v) is 10.1. The number of unbranched alkanes of at least 4 members (excludes halogenated alkanes) is 8. The summed E-state index contributed by atoms with van der Waals surface area (Å²) in [6.45, 7) is 4.48. The van der Waals surface area contributed by atoms with E-state index < -0.39 is 18.1 Å². The summed E-state index contributed by atoms with van der Waals surface area (Å²) in [7, 11) is 5.49. The molecule has 8 heteroatoms. The highest BCUT2D eigenvalue weighted by atomic mass is 16.6. The molecule has 0 amide bonds. The van der Waals surface area contributed by atoms with Crippen LogP contribution in [0.2, 0.25) is 0 Å². The zero-order valence-corrected chi connectivity index (χ0v) is 40.9. The van der Waals surface area contributed by atoms with Gasteiger partial charge in [0.1, 0.15) is 6.61 Å². The van der Waals surface area contributed by atoms with E-state index in [2.05, 4.69) is 135 Å². The van der Waals surface area contributed by atoms with Crippen LogP contribution in [-0.2, 0) is 28.6 Å². The standard InChI is InChI=1S/C56H89NO7/c1-6-8-10-12-14-16-18-20-22-24-25-26-27-28-29-31-32-34-36-38-40-42-44-46-54(58)63-51-52(50-62-49-48-53(56(60)61)57(3,4)5)64-55(59)47-45-43-41-39-37-35-33-30-23-21-19-17-15-13-11-9-7-2/h8,10,14-17,20-23,25-26,28-29,32-35,39,41,52-53H,6-7,9,11-13,18-19,24,27,30-31,36-38,40,42-51H2,1-5H3/p+1/b10-8+,16-14+,17-15+,22-20+,23-21+,26-25+,29-28+,34-32+,35-33+,41-39+. The van der Waals surface area contributed by atoms with Gasteiger partial charge in [0, 0.05) is 19.3 Å². The minimum absolute atomic E-state index is 0.0221. The van der Waals surface area contributed by atoms with E-state index in [4.69, 9.17) is 14.2 Å². The number of likely N-dealkylation sites (N-methyl/N-ethyl adjacent to an activating group) is 1. The van der Waals surface area contributed by atoms with Gasteiger partial charge in [-0.05, 0) is 103 Å². The first-order chi connectivity index (χ1) is 31.1. The summed E-state index contributed by atoms with van der Waals surface area (Å²) in [4.78, 5) is 37.1. The van der Waals surface area contributed by atoms with Crippen molar-refractivity contribution in [1.29, 1.82) is 0 Å². The fourth-order valence-electron chi connectivity index (χ4n) is 6.32. The summed E-state index contributed by atoms with van der Waals surface area (Å²) < 4.78 is 17.2. The molecule has 0 radical (unpaired) electrons. The molecule has 0 aliphatic carbocycles. The van der Waals surface area contributed by atoms with Gasteiger partial charge in [0.05, 0.1) is 34.4 Å². The Hall–Kier alpha value is -4.27. The second-order valence-electron chi connectivity index (χ2n) is 17.0. The predicted octanol–water partition coefficient (Wildman–Crippen LogP) is 14.2. The van der Waals surface area contributed by atoms with E-state index >= 15 is 0 Å². The van der Waals surface area contributed by atoms with E-state index in [9.17, 15) is 19.5 Å². The lowest BCUT2D eigenvalue weighted by Gasteiger charge is -2.31. The summed E-state index contributed by atoms with van der Waals surface area (Å²) in [6, 6.07) is -0.637. The monoisotopic (exact) mass is 889 g/mol. The van der Waals surface area contributed by atoms with Crippen LogP contribution >= 0.6 is 0 Å². The maximum Gasteiger partial charge on any atom is 0.362 e. The number of ether oxygens (including phenoxy) is 3. The van der Waals surface area contributed by atoms with E-state index in [1.54, 1.807) is 0 Å². The van der Waals surface area contributed by atoms with Crippen LogP contribution in [0, 0.1) is 0 Å². The van der Waals surface area contributed by atoms with Gasteiger partial charge in [0.25, 0.3) is 0 Å². The van der Waals surface area contributed by atoms with Crippen molar-refractivity contribution >= 4 is 17.9 Å². The first-order valence-corrected chi connectivity index (χ1v) is 24.6. The van der Waals surface area contributed by atoms with Crippen LogP contribution in [-0.4, -0.2) is 80.6 Å². The normalized spacial score (nSPS) is 14.0. The molecule has 0 aromatic rings. The Morgan fingerprint density at radius 3 is 1.33 bits per heavy atom. The van der Waals surface area contributed by atoms with Crippen LogP contribution in [0.25, 0.3) is 0 Å². The zero-order chi connectivity index (χ0) is 47.0. The molecular formula is C56H90NO7+.